The number of imidazole rings is 1. The van der Waals surface area contributed by atoms with E-state index < -0.39 is 0 Å². The van der Waals surface area contributed by atoms with Crippen molar-refractivity contribution in [1.82, 2.24) is 14.1 Å². The molecule has 4 rings (SSSR count). The van der Waals surface area contributed by atoms with Crippen LogP contribution in [0.5, 0.6) is 0 Å². The summed E-state index contributed by atoms with van der Waals surface area (Å²) < 4.78 is 18.4. The molecule has 0 aliphatic carbocycles. The maximum atomic E-state index is 13.1. The van der Waals surface area contributed by atoms with Crippen molar-refractivity contribution in [3.05, 3.63) is 88.8 Å². The number of halogens is 2. The molecule has 4 aromatic rings. The molecule has 2 heterocycles. The highest BCUT2D eigenvalue weighted by molar-refractivity contribution is 9.10. The molecule has 0 amide bonds. The van der Waals surface area contributed by atoms with Gasteiger partial charge in [-0.25, -0.2) is 9.37 Å². The van der Waals surface area contributed by atoms with Crippen LogP contribution >= 0.6 is 15.9 Å². The number of rotatable bonds is 4. The van der Waals surface area contributed by atoms with E-state index in [-0.39, 0.29) is 5.82 Å². The Morgan fingerprint density at radius 1 is 1.04 bits per heavy atom. The molecular weight excluding hydrogens is 369 g/mol. The fraction of sp³-hybridized carbons (Fsp3) is 0.105. The molecule has 0 radical (unpaired) electrons. The van der Waals surface area contributed by atoms with Crippen molar-refractivity contribution < 1.29 is 4.39 Å². The van der Waals surface area contributed by atoms with Gasteiger partial charge in [0, 0.05) is 40.5 Å². The maximum Gasteiger partial charge on any atom is 0.123 e. The molecule has 0 spiro atoms. The fourth-order valence-electron chi connectivity index (χ4n) is 2.96. The lowest BCUT2D eigenvalue weighted by Gasteiger charge is -2.05. The van der Waals surface area contributed by atoms with E-state index in [1.165, 1.54) is 23.1 Å². The van der Waals surface area contributed by atoms with Crippen LogP contribution in [0.3, 0.4) is 0 Å². The van der Waals surface area contributed by atoms with Crippen LogP contribution < -0.4 is 0 Å². The van der Waals surface area contributed by atoms with Gasteiger partial charge in [-0.3, -0.25) is 0 Å². The highest BCUT2D eigenvalue weighted by Gasteiger charge is 2.10. The molecule has 0 fully saturated rings. The monoisotopic (exact) mass is 383 g/mol. The minimum absolute atomic E-state index is 0.208. The van der Waals surface area contributed by atoms with Crippen LogP contribution in [0.4, 0.5) is 4.39 Å². The third kappa shape index (κ3) is 2.99. The van der Waals surface area contributed by atoms with E-state index in [0.717, 1.165) is 22.1 Å². The lowest BCUT2D eigenvalue weighted by molar-refractivity contribution is 0.626. The predicted octanol–water partition coefficient (Wildman–Crippen LogP) is 4.84. The lowest BCUT2D eigenvalue weighted by Crippen LogP contribution is -1.98. The third-order valence-corrected chi connectivity index (χ3v) is 4.60. The Labute approximate surface area is 147 Å². The van der Waals surface area contributed by atoms with Crippen molar-refractivity contribution in [2.75, 3.05) is 0 Å². The molecule has 120 valence electrons. The normalized spacial score (nSPS) is 11.2. The zero-order chi connectivity index (χ0) is 16.5. The van der Waals surface area contributed by atoms with Gasteiger partial charge in [0.25, 0.3) is 0 Å². The summed E-state index contributed by atoms with van der Waals surface area (Å²) in [5.41, 5.74) is 3.47. The van der Waals surface area contributed by atoms with E-state index in [1.54, 1.807) is 6.20 Å². The van der Waals surface area contributed by atoms with Crippen molar-refractivity contribution in [2.45, 2.75) is 13.1 Å². The molecule has 0 aliphatic heterocycles. The van der Waals surface area contributed by atoms with Crippen LogP contribution in [-0.4, -0.2) is 14.1 Å². The Kier molecular flexibility index (Phi) is 3.94. The minimum atomic E-state index is -0.208. The minimum Gasteiger partial charge on any atom is -0.343 e. The molecule has 0 atom stereocenters. The SMILES string of the molecule is Fc1ccc(Cn2cc(Cn3ccnc3)c3cc(Br)ccc32)cc1. The smallest absolute Gasteiger partial charge is 0.123 e. The first kappa shape index (κ1) is 15.1. The van der Waals surface area contributed by atoms with E-state index in [9.17, 15) is 4.39 Å². The average Bonchev–Trinajstić information content (AvgIpc) is 3.19. The fourth-order valence-corrected chi connectivity index (χ4v) is 3.32. The highest BCUT2D eigenvalue weighted by Crippen LogP contribution is 2.26. The van der Waals surface area contributed by atoms with Gasteiger partial charge in [-0.2, -0.15) is 0 Å². The van der Waals surface area contributed by atoms with Crippen LogP contribution in [0.1, 0.15) is 11.1 Å². The Balaban J connectivity index is 1.76. The van der Waals surface area contributed by atoms with Gasteiger partial charge >= 0.3 is 0 Å². The summed E-state index contributed by atoms with van der Waals surface area (Å²) in [7, 11) is 0. The van der Waals surface area contributed by atoms with E-state index >= 15 is 0 Å². The zero-order valence-electron chi connectivity index (χ0n) is 12.9. The zero-order valence-corrected chi connectivity index (χ0v) is 14.4. The molecule has 2 aromatic carbocycles. The molecule has 3 nitrogen and oxygen atoms in total. The van der Waals surface area contributed by atoms with E-state index in [4.69, 9.17) is 0 Å². The number of benzene rings is 2. The van der Waals surface area contributed by atoms with Gasteiger partial charge in [-0.1, -0.05) is 28.1 Å². The molecule has 5 heteroatoms. The van der Waals surface area contributed by atoms with Crippen molar-refractivity contribution in [2.24, 2.45) is 0 Å². The summed E-state index contributed by atoms with van der Waals surface area (Å²) >= 11 is 3.56. The van der Waals surface area contributed by atoms with Crippen molar-refractivity contribution in [3.63, 3.8) is 0 Å². The standard InChI is InChI=1S/C19H15BrFN3/c20-16-3-6-19-18(9-16)15(11-23-8-7-22-13-23)12-24(19)10-14-1-4-17(21)5-2-14/h1-9,12-13H,10-11H2. The lowest BCUT2D eigenvalue weighted by atomic mass is 10.2. The van der Waals surface area contributed by atoms with E-state index in [1.807, 2.05) is 30.7 Å². The highest BCUT2D eigenvalue weighted by atomic mass is 79.9. The van der Waals surface area contributed by atoms with E-state index in [0.29, 0.717) is 6.54 Å². The number of fused-ring (bicyclic) bond motifs is 1. The third-order valence-electron chi connectivity index (χ3n) is 4.10. The molecule has 0 unspecified atom stereocenters. The molecule has 0 N–H and O–H groups in total. The van der Waals surface area contributed by atoms with Crippen molar-refractivity contribution >= 4 is 26.8 Å². The first-order valence-corrected chi connectivity index (χ1v) is 8.46. The summed E-state index contributed by atoms with van der Waals surface area (Å²) in [4.78, 5) is 4.11. The first-order chi connectivity index (χ1) is 11.7. The van der Waals surface area contributed by atoms with Crippen molar-refractivity contribution in [1.29, 1.82) is 0 Å². The summed E-state index contributed by atoms with van der Waals surface area (Å²) in [6.07, 6.45) is 7.73. The number of nitrogens with zero attached hydrogens (tertiary/aromatic N) is 3. The molecule has 0 bridgehead atoms. The van der Waals surface area contributed by atoms with Gasteiger partial charge in [-0.15, -0.1) is 0 Å². The Morgan fingerprint density at radius 2 is 1.88 bits per heavy atom. The number of hydrogen-bond donors (Lipinski definition) is 0. The molecule has 0 saturated heterocycles. The van der Waals surface area contributed by atoms with Gasteiger partial charge in [0.05, 0.1) is 12.9 Å². The second kappa shape index (κ2) is 6.24. The largest absolute Gasteiger partial charge is 0.343 e. The summed E-state index contributed by atoms with van der Waals surface area (Å²) in [6, 6.07) is 13.0. The summed E-state index contributed by atoms with van der Waals surface area (Å²) in [6.45, 7) is 1.48. The molecule has 24 heavy (non-hydrogen) atoms. The van der Waals surface area contributed by atoms with Gasteiger partial charge in [-0.05, 0) is 41.5 Å². The summed E-state index contributed by atoms with van der Waals surface area (Å²) in [5.74, 6) is -0.208. The van der Waals surface area contributed by atoms with Crippen LogP contribution in [0.15, 0.2) is 71.9 Å². The second-order valence-electron chi connectivity index (χ2n) is 5.81. The van der Waals surface area contributed by atoms with Gasteiger partial charge < -0.3 is 9.13 Å². The summed E-state index contributed by atoms with van der Waals surface area (Å²) in [5, 5.41) is 1.21. The van der Waals surface area contributed by atoms with Gasteiger partial charge in [0.15, 0.2) is 0 Å². The van der Waals surface area contributed by atoms with E-state index in [2.05, 4.69) is 48.4 Å². The maximum absolute atomic E-state index is 13.1. The molecular formula is C19H15BrFN3. The quantitative estimate of drug-likeness (QED) is 0.494. The second-order valence-corrected chi connectivity index (χ2v) is 6.72. The molecule has 0 aliphatic rings. The Bertz CT molecular complexity index is 972. The van der Waals surface area contributed by atoms with Crippen LogP contribution in [0.2, 0.25) is 0 Å². The van der Waals surface area contributed by atoms with Gasteiger partial charge in [0.2, 0.25) is 0 Å². The number of aromatic nitrogens is 3. The Morgan fingerprint density at radius 3 is 2.62 bits per heavy atom. The van der Waals surface area contributed by atoms with Crippen LogP contribution in [0, 0.1) is 5.82 Å². The van der Waals surface area contributed by atoms with Gasteiger partial charge in [0.1, 0.15) is 5.82 Å². The average molecular weight is 384 g/mol. The topological polar surface area (TPSA) is 22.8 Å². The van der Waals surface area contributed by atoms with Crippen LogP contribution in [-0.2, 0) is 13.1 Å². The Hall–Kier alpha value is -2.40. The van der Waals surface area contributed by atoms with Crippen molar-refractivity contribution in [3.8, 4) is 0 Å². The first-order valence-electron chi connectivity index (χ1n) is 7.66. The number of hydrogen-bond acceptors (Lipinski definition) is 1. The molecule has 2 aromatic heterocycles. The molecule has 0 saturated carbocycles. The van der Waals surface area contributed by atoms with Crippen LogP contribution in [0.25, 0.3) is 10.9 Å². The predicted molar refractivity (Wildman–Crippen MR) is 96.5 cm³/mol.